The fourth-order valence-corrected chi connectivity index (χ4v) is 4.38. The first-order valence-electron chi connectivity index (χ1n) is 12.2. The summed E-state index contributed by atoms with van der Waals surface area (Å²) in [5.74, 6) is 0.334. The van der Waals surface area contributed by atoms with Crippen LogP contribution in [0.2, 0.25) is 0 Å². The molecule has 1 aromatic rings. The number of guanidine groups is 1. The predicted octanol–water partition coefficient (Wildman–Crippen LogP) is 3.84. The average molecular weight is 471 g/mol. The van der Waals surface area contributed by atoms with Crippen LogP contribution in [0.3, 0.4) is 0 Å². The molecule has 1 aliphatic carbocycles. The van der Waals surface area contributed by atoms with Crippen LogP contribution in [-0.4, -0.2) is 54.5 Å². The smallest absolute Gasteiger partial charge is 0.302 e. The van der Waals surface area contributed by atoms with E-state index in [9.17, 15) is 9.59 Å². The minimum Gasteiger partial charge on any atom is -0.465 e. The predicted molar refractivity (Wildman–Crippen MR) is 132 cm³/mol. The van der Waals surface area contributed by atoms with Crippen molar-refractivity contribution in [2.24, 2.45) is 10.4 Å². The molecule has 9 heteroatoms. The van der Waals surface area contributed by atoms with Gasteiger partial charge in [0.25, 0.3) is 0 Å². The van der Waals surface area contributed by atoms with Gasteiger partial charge in [-0.1, -0.05) is 32.1 Å². The zero-order valence-corrected chi connectivity index (χ0v) is 20.5. The second kappa shape index (κ2) is 14.9. The van der Waals surface area contributed by atoms with Gasteiger partial charge in [0.1, 0.15) is 0 Å². The molecule has 0 spiro atoms. The van der Waals surface area contributed by atoms with E-state index in [0.29, 0.717) is 32.1 Å². The summed E-state index contributed by atoms with van der Waals surface area (Å²) >= 11 is 0. The van der Waals surface area contributed by atoms with Gasteiger partial charge in [-0.2, -0.15) is 5.26 Å². The van der Waals surface area contributed by atoms with Gasteiger partial charge in [0.2, 0.25) is 18.1 Å². The molecule has 1 heterocycles. The molecule has 0 radical (unpaired) electrons. The number of carbonyl (C=O) groups is 2. The normalized spacial score (nSPS) is 14.8. The van der Waals surface area contributed by atoms with Crippen molar-refractivity contribution in [1.82, 2.24) is 15.2 Å². The lowest BCUT2D eigenvalue weighted by Gasteiger charge is -2.33. The number of esters is 1. The highest BCUT2D eigenvalue weighted by atomic mass is 16.5. The summed E-state index contributed by atoms with van der Waals surface area (Å²) in [5.41, 5.74) is 0.736. The Morgan fingerprint density at radius 2 is 1.85 bits per heavy atom. The molecular formula is C25H38N6O3. The molecular weight excluding hydrogens is 432 g/mol. The van der Waals surface area contributed by atoms with Gasteiger partial charge in [-0.3, -0.25) is 14.6 Å². The topological polar surface area (TPSA) is 120 Å². The third-order valence-electron chi connectivity index (χ3n) is 6.21. The number of hydrogen-bond acceptors (Lipinski definition) is 6. The number of aliphatic imine (C=N–C) groups is 1. The number of nitrogens with zero attached hydrogens (tertiary/aromatic N) is 4. The maximum Gasteiger partial charge on any atom is 0.302 e. The van der Waals surface area contributed by atoms with Crippen LogP contribution in [0.25, 0.3) is 0 Å². The van der Waals surface area contributed by atoms with E-state index in [0.717, 1.165) is 63.5 Å². The van der Waals surface area contributed by atoms with Gasteiger partial charge in [0, 0.05) is 57.0 Å². The van der Waals surface area contributed by atoms with Crippen molar-refractivity contribution < 1.29 is 14.3 Å². The molecule has 2 rings (SSSR count). The number of rotatable bonds is 13. The zero-order chi connectivity index (χ0) is 24.7. The number of carbonyl (C=O) groups excluding carboxylic acids is 2. The summed E-state index contributed by atoms with van der Waals surface area (Å²) in [6.45, 7) is 3.22. The van der Waals surface area contributed by atoms with E-state index in [-0.39, 0.29) is 17.3 Å². The number of amides is 1. The Morgan fingerprint density at radius 3 is 2.53 bits per heavy atom. The van der Waals surface area contributed by atoms with Crippen molar-refractivity contribution in [3.63, 3.8) is 0 Å². The first-order valence-corrected chi connectivity index (χ1v) is 12.2. The summed E-state index contributed by atoms with van der Waals surface area (Å²) in [4.78, 5) is 33.4. The highest BCUT2D eigenvalue weighted by Gasteiger charge is 2.37. The van der Waals surface area contributed by atoms with Gasteiger partial charge in [-0.15, -0.1) is 4.99 Å². The third kappa shape index (κ3) is 10.2. The van der Waals surface area contributed by atoms with Crippen molar-refractivity contribution in [1.29, 1.82) is 5.26 Å². The highest BCUT2D eigenvalue weighted by molar-refractivity contribution is 5.94. The molecule has 9 nitrogen and oxygen atoms in total. The Balaban J connectivity index is 1.58. The Hall–Kier alpha value is -3.15. The van der Waals surface area contributed by atoms with Crippen LogP contribution < -0.4 is 10.6 Å². The Bertz CT molecular complexity index is 831. The molecule has 1 saturated carbocycles. The molecule has 1 amide bonds. The number of nitrogens with one attached hydrogen (secondary N) is 2. The second-order valence-electron chi connectivity index (χ2n) is 9.10. The molecule has 1 aliphatic rings. The molecule has 1 aromatic heterocycles. The summed E-state index contributed by atoms with van der Waals surface area (Å²) in [6, 6.07) is 3.61. The fourth-order valence-electron chi connectivity index (χ4n) is 4.38. The molecule has 0 saturated heterocycles. The van der Waals surface area contributed by atoms with Crippen LogP contribution in [0.5, 0.6) is 0 Å². The quantitative estimate of drug-likeness (QED) is 0.148. The van der Waals surface area contributed by atoms with E-state index in [1.807, 2.05) is 11.9 Å². The van der Waals surface area contributed by atoms with Crippen molar-refractivity contribution in [2.45, 2.75) is 71.1 Å². The molecule has 186 valence electrons. The number of unbranched alkanes of at least 4 members (excludes halogenated alkanes) is 4. The highest BCUT2D eigenvalue weighted by Crippen LogP contribution is 2.39. The molecule has 0 aliphatic heterocycles. The van der Waals surface area contributed by atoms with Gasteiger partial charge >= 0.3 is 5.97 Å². The molecule has 0 aromatic carbocycles. The first kappa shape index (κ1) is 27.1. The van der Waals surface area contributed by atoms with Gasteiger partial charge in [-0.05, 0) is 37.8 Å². The number of pyridine rings is 1. The van der Waals surface area contributed by atoms with Crippen LogP contribution >= 0.6 is 0 Å². The van der Waals surface area contributed by atoms with Gasteiger partial charge in [0.05, 0.1) is 6.61 Å². The number of aromatic nitrogens is 1. The van der Waals surface area contributed by atoms with Crippen LogP contribution in [-0.2, 0) is 14.3 Å². The van der Waals surface area contributed by atoms with Crippen LogP contribution in [0, 0.1) is 16.9 Å². The number of ether oxygens (including phenoxy) is 1. The fraction of sp³-hybridized carbons (Fsp3) is 0.640. The minimum absolute atomic E-state index is 0.0803. The Kier molecular flexibility index (Phi) is 11.9. The van der Waals surface area contributed by atoms with Crippen molar-refractivity contribution in [3.8, 4) is 6.19 Å². The maximum atomic E-state index is 12.6. The third-order valence-corrected chi connectivity index (χ3v) is 6.21. The second-order valence-corrected chi connectivity index (χ2v) is 9.10. The van der Waals surface area contributed by atoms with E-state index in [4.69, 9.17) is 10.00 Å². The first-order chi connectivity index (χ1) is 16.4. The molecule has 2 N–H and O–H groups in total. The summed E-state index contributed by atoms with van der Waals surface area (Å²) in [6.07, 6.45) is 14.9. The van der Waals surface area contributed by atoms with E-state index < -0.39 is 0 Å². The molecule has 1 fully saturated rings. The van der Waals surface area contributed by atoms with Crippen LogP contribution in [0.1, 0.15) is 71.1 Å². The SMILES string of the molecule is CC(=O)OCC1(CN(C)C(=O)CCCCCCCN/C(=N\C#N)Nc2ccncc2)CCCC1. The van der Waals surface area contributed by atoms with E-state index in [2.05, 4.69) is 20.6 Å². The lowest BCUT2D eigenvalue weighted by atomic mass is 9.86. The number of hydrogen-bond donors (Lipinski definition) is 2. The molecule has 0 atom stereocenters. The Labute approximate surface area is 203 Å². The largest absolute Gasteiger partial charge is 0.465 e. The number of nitriles is 1. The Morgan fingerprint density at radius 1 is 1.18 bits per heavy atom. The minimum atomic E-state index is -0.256. The van der Waals surface area contributed by atoms with Crippen LogP contribution in [0.4, 0.5) is 5.69 Å². The maximum absolute atomic E-state index is 12.6. The molecule has 34 heavy (non-hydrogen) atoms. The average Bonchev–Trinajstić information content (AvgIpc) is 3.28. The van der Waals surface area contributed by atoms with Gasteiger partial charge in [0.15, 0.2) is 0 Å². The lowest BCUT2D eigenvalue weighted by Crippen LogP contribution is -2.40. The van der Waals surface area contributed by atoms with Gasteiger partial charge < -0.3 is 20.3 Å². The number of anilines is 1. The lowest BCUT2D eigenvalue weighted by molar-refractivity contribution is -0.145. The van der Waals surface area contributed by atoms with Crippen molar-refractivity contribution >= 4 is 23.5 Å². The standard InChI is InChI=1S/C25H38N6O3/c1-21(32)34-19-25(13-7-8-14-25)18-31(2)23(33)10-6-4-3-5-9-15-28-24(29-20-26)30-22-11-16-27-17-12-22/h11-12,16-17H,3-10,13-15,18-19H2,1-2H3,(H2,27,28,29,30). The summed E-state index contributed by atoms with van der Waals surface area (Å²) in [7, 11) is 1.86. The van der Waals surface area contributed by atoms with E-state index in [1.54, 1.807) is 30.7 Å². The van der Waals surface area contributed by atoms with E-state index in [1.165, 1.54) is 6.92 Å². The van der Waals surface area contributed by atoms with Crippen molar-refractivity contribution in [3.05, 3.63) is 24.5 Å². The summed E-state index contributed by atoms with van der Waals surface area (Å²) in [5, 5.41) is 15.1. The molecule has 0 bridgehead atoms. The van der Waals surface area contributed by atoms with Crippen LogP contribution in [0.15, 0.2) is 29.5 Å². The molecule has 0 unspecified atom stereocenters. The van der Waals surface area contributed by atoms with E-state index >= 15 is 0 Å². The monoisotopic (exact) mass is 470 g/mol. The van der Waals surface area contributed by atoms with Crippen molar-refractivity contribution in [2.75, 3.05) is 32.1 Å². The van der Waals surface area contributed by atoms with Gasteiger partial charge in [-0.25, -0.2) is 0 Å². The zero-order valence-electron chi connectivity index (χ0n) is 20.5. The summed E-state index contributed by atoms with van der Waals surface area (Å²) < 4.78 is 5.30.